The summed E-state index contributed by atoms with van der Waals surface area (Å²) < 4.78 is 31.0. The minimum Gasteiger partial charge on any atom is -0.453 e. The normalized spacial score (nSPS) is 17.2. The third-order valence-corrected chi connectivity index (χ3v) is 5.64. The van der Waals surface area contributed by atoms with Crippen molar-refractivity contribution in [2.24, 2.45) is 0 Å². The molecule has 0 aliphatic carbocycles. The largest absolute Gasteiger partial charge is 0.453 e. The van der Waals surface area contributed by atoms with Crippen molar-refractivity contribution < 1.29 is 17.9 Å². The zero-order valence-corrected chi connectivity index (χ0v) is 13.7. The van der Waals surface area contributed by atoms with Gasteiger partial charge in [-0.05, 0) is 25.3 Å². The number of carbonyl (C=O) groups excluding carboxylic acids is 1. The van der Waals surface area contributed by atoms with Crippen molar-refractivity contribution in [2.45, 2.75) is 31.6 Å². The molecule has 0 spiro atoms. The highest BCUT2D eigenvalue weighted by Gasteiger charge is 2.28. The van der Waals surface area contributed by atoms with Gasteiger partial charge in [-0.2, -0.15) is 0 Å². The number of rotatable bonds is 4. The van der Waals surface area contributed by atoms with E-state index in [4.69, 9.17) is 0 Å². The molecule has 1 aliphatic heterocycles. The van der Waals surface area contributed by atoms with Crippen LogP contribution in [0.5, 0.6) is 0 Å². The fourth-order valence-electron chi connectivity index (χ4n) is 2.61. The molecule has 7 heteroatoms. The summed E-state index contributed by atoms with van der Waals surface area (Å²) in [5.41, 5.74) is 1.85. The number of ether oxygens (including phenoxy) is 1. The first-order valence-corrected chi connectivity index (χ1v) is 8.89. The summed E-state index contributed by atoms with van der Waals surface area (Å²) in [7, 11) is -2.00. The highest BCUT2D eigenvalue weighted by atomic mass is 32.2. The summed E-state index contributed by atoms with van der Waals surface area (Å²) in [6, 6.07) is 7.50. The van der Waals surface area contributed by atoms with E-state index in [9.17, 15) is 13.2 Å². The predicted molar refractivity (Wildman–Crippen MR) is 83.9 cm³/mol. The average Bonchev–Trinajstić information content (AvgIpc) is 2.47. The molecule has 1 saturated heterocycles. The Morgan fingerprint density at radius 2 is 2.05 bits per heavy atom. The van der Waals surface area contributed by atoms with E-state index in [1.807, 2.05) is 31.2 Å². The molecule has 0 unspecified atom stereocenters. The monoisotopic (exact) mass is 326 g/mol. The van der Waals surface area contributed by atoms with Crippen LogP contribution < -0.4 is 5.32 Å². The van der Waals surface area contributed by atoms with Crippen LogP contribution in [-0.4, -0.2) is 45.1 Å². The van der Waals surface area contributed by atoms with Gasteiger partial charge in [0.1, 0.15) is 0 Å². The fraction of sp³-hybridized carbons (Fsp3) is 0.533. The molecule has 1 amide bonds. The Kier molecular flexibility index (Phi) is 5.42. The lowest BCUT2D eigenvalue weighted by Gasteiger charge is -2.31. The second-order valence-corrected chi connectivity index (χ2v) is 7.52. The van der Waals surface area contributed by atoms with Crippen molar-refractivity contribution >= 4 is 16.1 Å². The van der Waals surface area contributed by atoms with Crippen LogP contribution in [0.3, 0.4) is 0 Å². The fourth-order valence-corrected chi connectivity index (χ4v) is 4.16. The molecule has 2 rings (SSSR count). The van der Waals surface area contributed by atoms with Gasteiger partial charge in [-0.15, -0.1) is 0 Å². The van der Waals surface area contributed by atoms with Crippen molar-refractivity contribution in [3.63, 3.8) is 0 Å². The number of benzene rings is 1. The van der Waals surface area contributed by atoms with Crippen molar-refractivity contribution in [3.8, 4) is 0 Å². The lowest BCUT2D eigenvalue weighted by molar-refractivity contribution is 0.161. The molecule has 1 aromatic carbocycles. The van der Waals surface area contributed by atoms with E-state index < -0.39 is 16.1 Å². The standard InChI is InChI=1S/C15H22N2O4S/c1-12-4-3-5-13(10-12)11-22(19,20)17-8-6-14(7-9-17)16-15(18)21-2/h3-5,10,14H,6-9,11H2,1-2H3,(H,16,18). The van der Waals surface area contributed by atoms with Gasteiger partial charge in [-0.25, -0.2) is 17.5 Å². The Bertz CT molecular complexity index is 622. The molecule has 6 nitrogen and oxygen atoms in total. The average molecular weight is 326 g/mol. The first-order chi connectivity index (χ1) is 10.4. The second kappa shape index (κ2) is 7.11. The molecule has 0 saturated carbocycles. The number of nitrogens with zero attached hydrogens (tertiary/aromatic N) is 1. The number of piperidine rings is 1. The number of hydrogen-bond donors (Lipinski definition) is 1. The SMILES string of the molecule is COC(=O)NC1CCN(S(=O)(=O)Cc2cccc(C)c2)CC1. The number of aryl methyl sites for hydroxylation is 1. The highest BCUT2D eigenvalue weighted by Crippen LogP contribution is 2.18. The molecule has 1 N–H and O–H groups in total. The van der Waals surface area contributed by atoms with E-state index in [2.05, 4.69) is 10.1 Å². The maximum absolute atomic E-state index is 12.5. The molecule has 0 radical (unpaired) electrons. The third-order valence-electron chi connectivity index (χ3n) is 3.79. The lowest BCUT2D eigenvalue weighted by atomic mass is 10.1. The van der Waals surface area contributed by atoms with Gasteiger partial charge in [-0.3, -0.25) is 0 Å². The Labute approximate surface area is 131 Å². The maximum atomic E-state index is 12.5. The Balaban J connectivity index is 1.93. The molecule has 22 heavy (non-hydrogen) atoms. The van der Waals surface area contributed by atoms with Crippen molar-refractivity contribution in [1.29, 1.82) is 0 Å². The first-order valence-electron chi connectivity index (χ1n) is 7.28. The Morgan fingerprint density at radius 3 is 2.64 bits per heavy atom. The van der Waals surface area contributed by atoms with Gasteiger partial charge in [0.2, 0.25) is 10.0 Å². The van der Waals surface area contributed by atoms with Gasteiger partial charge >= 0.3 is 6.09 Å². The van der Waals surface area contributed by atoms with Gasteiger partial charge in [0.15, 0.2) is 0 Å². The number of methoxy groups -OCH3 is 1. The molecular weight excluding hydrogens is 304 g/mol. The maximum Gasteiger partial charge on any atom is 0.407 e. The van der Waals surface area contributed by atoms with E-state index in [0.29, 0.717) is 25.9 Å². The first kappa shape index (κ1) is 16.8. The van der Waals surface area contributed by atoms with E-state index in [1.54, 1.807) is 0 Å². The van der Waals surface area contributed by atoms with E-state index in [0.717, 1.165) is 11.1 Å². The quantitative estimate of drug-likeness (QED) is 0.913. The summed E-state index contributed by atoms with van der Waals surface area (Å²) in [6.45, 7) is 2.78. The molecule has 0 atom stereocenters. The smallest absolute Gasteiger partial charge is 0.407 e. The molecule has 1 aliphatic rings. The number of amides is 1. The summed E-state index contributed by atoms with van der Waals surface area (Å²) in [4.78, 5) is 11.2. The predicted octanol–water partition coefficient (Wildman–Crippen LogP) is 1.65. The zero-order chi connectivity index (χ0) is 16.2. The summed E-state index contributed by atoms with van der Waals surface area (Å²) >= 11 is 0. The molecular formula is C15H22N2O4S. The van der Waals surface area contributed by atoms with Gasteiger partial charge in [0, 0.05) is 19.1 Å². The summed E-state index contributed by atoms with van der Waals surface area (Å²) in [5, 5.41) is 2.72. The third kappa shape index (κ3) is 4.45. The minimum atomic E-state index is -3.32. The molecule has 0 bridgehead atoms. The van der Waals surface area contributed by atoms with Crippen LogP contribution in [0.4, 0.5) is 4.79 Å². The van der Waals surface area contributed by atoms with E-state index in [1.165, 1.54) is 11.4 Å². The van der Waals surface area contributed by atoms with Gasteiger partial charge in [-0.1, -0.05) is 29.8 Å². The van der Waals surface area contributed by atoms with Crippen molar-refractivity contribution in [2.75, 3.05) is 20.2 Å². The van der Waals surface area contributed by atoms with Gasteiger partial charge < -0.3 is 10.1 Å². The van der Waals surface area contributed by atoms with Crippen LogP contribution in [0.1, 0.15) is 24.0 Å². The second-order valence-electron chi connectivity index (χ2n) is 5.55. The molecule has 122 valence electrons. The van der Waals surface area contributed by atoms with Crippen LogP contribution in [0.25, 0.3) is 0 Å². The number of sulfonamides is 1. The molecule has 0 aromatic heterocycles. The molecule has 1 heterocycles. The minimum absolute atomic E-state index is 0.0176. The van der Waals surface area contributed by atoms with Gasteiger partial charge in [0.25, 0.3) is 0 Å². The number of nitrogens with one attached hydrogen (secondary N) is 1. The van der Waals surface area contributed by atoms with Crippen LogP contribution in [0.2, 0.25) is 0 Å². The van der Waals surface area contributed by atoms with Crippen LogP contribution in [0, 0.1) is 6.92 Å². The van der Waals surface area contributed by atoms with Crippen LogP contribution in [0.15, 0.2) is 24.3 Å². The van der Waals surface area contributed by atoms with Crippen LogP contribution >= 0.6 is 0 Å². The van der Waals surface area contributed by atoms with Crippen molar-refractivity contribution in [3.05, 3.63) is 35.4 Å². The number of hydrogen-bond acceptors (Lipinski definition) is 4. The lowest BCUT2D eigenvalue weighted by Crippen LogP contribution is -2.46. The van der Waals surface area contributed by atoms with E-state index >= 15 is 0 Å². The number of carbonyl (C=O) groups is 1. The molecule has 1 aromatic rings. The topological polar surface area (TPSA) is 75.7 Å². The Hall–Kier alpha value is -1.60. The van der Waals surface area contributed by atoms with Crippen LogP contribution in [-0.2, 0) is 20.5 Å². The van der Waals surface area contributed by atoms with Gasteiger partial charge in [0.05, 0.1) is 12.9 Å². The highest BCUT2D eigenvalue weighted by molar-refractivity contribution is 7.88. The Morgan fingerprint density at radius 1 is 1.36 bits per heavy atom. The summed E-state index contributed by atoms with van der Waals surface area (Å²) in [5.74, 6) is 0.0176. The zero-order valence-electron chi connectivity index (χ0n) is 12.9. The van der Waals surface area contributed by atoms with Crippen molar-refractivity contribution in [1.82, 2.24) is 9.62 Å². The summed E-state index contributed by atoms with van der Waals surface area (Å²) in [6.07, 6.45) is 0.727. The van der Waals surface area contributed by atoms with E-state index in [-0.39, 0.29) is 11.8 Å². The number of alkyl carbamates (subject to hydrolysis) is 1. The molecule has 1 fully saturated rings.